The molecule has 0 saturated carbocycles. The lowest BCUT2D eigenvalue weighted by Gasteiger charge is -2.28. The van der Waals surface area contributed by atoms with E-state index < -0.39 is 0 Å². The summed E-state index contributed by atoms with van der Waals surface area (Å²) in [6, 6.07) is 11.1. The first-order valence-corrected chi connectivity index (χ1v) is 10.2. The Bertz CT molecular complexity index is 1030. The number of hydrogen-bond acceptors (Lipinski definition) is 6. The van der Waals surface area contributed by atoms with Crippen LogP contribution in [0.5, 0.6) is 11.5 Å². The zero-order valence-corrected chi connectivity index (χ0v) is 17.4. The van der Waals surface area contributed by atoms with E-state index in [2.05, 4.69) is 20.2 Å². The van der Waals surface area contributed by atoms with Crippen LogP contribution in [-0.4, -0.2) is 43.2 Å². The standard InChI is InChI=1S/C23H26N4O3/c1-29-18-10-16(11-19(13-18)30-2)14-24-23(28)17-6-7-21-20(12-17)22(26-15-25-21)27-8-4-3-5-9-27/h6-7,10-13,15H,3-5,8-9,14H2,1-2H3,(H,24,28). The quantitative estimate of drug-likeness (QED) is 0.674. The van der Waals surface area contributed by atoms with Gasteiger partial charge in [0.1, 0.15) is 23.6 Å². The lowest BCUT2D eigenvalue weighted by Crippen LogP contribution is -2.30. The third-order valence-corrected chi connectivity index (χ3v) is 5.40. The summed E-state index contributed by atoms with van der Waals surface area (Å²) in [7, 11) is 3.21. The van der Waals surface area contributed by atoms with Gasteiger partial charge in [0, 0.05) is 36.7 Å². The molecule has 2 heterocycles. The summed E-state index contributed by atoms with van der Waals surface area (Å²) in [5.41, 5.74) is 2.34. The fourth-order valence-electron chi connectivity index (χ4n) is 3.79. The fraction of sp³-hybridized carbons (Fsp3) is 0.348. The molecule has 2 aromatic carbocycles. The number of benzene rings is 2. The van der Waals surface area contributed by atoms with Gasteiger partial charge >= 0.3 is 0 Å². The predicted molar refractivity (Wildman–Crippen MR) is 116 cm³/mol. The number of rotatable bonds is 6. The normalized spacial score (nSPS) is 13.9. The molecule has 1 amide bonds. The molecule has 0 atom stereocenters. The molecule has 0 spiro atoms. The van der Waals surface area contributed by atoms with Crippen molar-refractivity contribution in [2.75, 3.05) is 32.2 Å². The minimum absolute atomic E-state index is 0.146. The van der Waals surface area contributed by atoms with Crippen LogP contribution in [-0.2, 0) is 6.54 Å². The van der Waals surface area contributed by atoms with E-state index in [0.717, 1.165) is 48.2 Å². The maximum atomic E-state index is 12.8. The number of fused-ring (bicyclic) bond motifs is 1. The second kappa shape index (κ2) is 8.98. The highest BCUT2D eigenvalue weighted by Gasteiger charge is 2.17. The number of aromatic nitrogens is 2. The van der Waals surface area contributed by atoms with E-state index in [9.17, 15) is 4.79 Å². The molecular formula is C23H26N4O3. The van der Waals surface area contributed by atoms with Gasteiger partial charge in [0.25, 0.3) is 5.91 Å². The predicted octanol–water partition coefficient (Wildman–Crippen LogP) is 3.57. The summed E-state index contributed by atoms with van der Waals surface area (Å²) < 4.78 is 10.6. The van der Waals surface area contributed by atoms with Gasteiger partial charge in [-0.3, -0.25) is 4.79 Å². The third-order valence-electron chi connectivity index (χ3n) is 5.40. The van der Waals surface area contributed by atoms with E-state index in [1.807, 2.05) is 24.3 Å². The van der Waals surface area contributed by atoms with Crippen molar-refractivity contribution in [3.63, 3.8) is 0 Å². The van der Waals surface area contributed by atoms with E-state index in [4.69, 9.17) is 9.47 Å². The van der Waals surface area contributed by atoms with Crippen molar-refractivity contribution in [1.82, 2.24) is 15.3 Å². The summed E-state index contributed by atoms with van der Waals surface area (Å²) in [6.07, 6.45) is 5.18. The third kappa shape index (κ3) is 4.30. The molecule has 7 nitrogen and oxygen atoms in total. The summed E-state index contributed by atoms with van der Waals surface area (Å²) in [4.78, 5) is 24.0. The van der Waals surface area contributed by atoms with Crippen molar-refractivity contribution in [3.05, 3.63) is 53.9 Å². The number of ether oxygens (including phenoxy) is 2. The Kier molecular flexibility index (Phi) is 5.97. The first-order chi connectivity index (χ1) is 14.7. The second-order valence-electron chi connectivity index (χ2n) is 7.38. The van der Waals surface area contributed by atoms with E-state index in [1.54, 1.807) is 32.7 Å². The highest BCUT2D eigenvalue weighted by molar-refractivity contribution is 6.00. The van der Waals surface area contributed by atoms with Gasteiger partial charge in [-0.05, 0) is 55.2 Å². The highest BCUT2D eigenvalue weighted by Crippen LogP contribution is 2.27. The van der Waals surface area contributed by atoms with Crippen LogP contribution in [0, 0.1) is 0 Å². The molecular weight excluding hydrogens is 380 g/mol. The van der Waals surface area contributed by atoms with Gasteiger partial charge < -0.3 is 19.7 Å². The number of carbonyl (C=O) groups excluding carboxylic acids is 1. The van der Waals surface area contributed by atoms with Crippen LogP contribution in [0.25, 0.3) is 10.9 Å². The first-order valence-electron chi connectivity index (χ1n) is 10.2. The van der Waals surface area contributed by atoms with Crippen LogP contribution in [0.4, 0.5) is 5.82 Å². The van der Waals surface area contributed by atoms with Crippen LogP contribution in [0.2, 0.25) is 0 Å². The van der Waals surface area contributed by atoms with Crippen molar-refractivity contribution in [2.24, 2.45) is 0 Å². The average Bonchev–Trinajstić information content (AvgIpc) is 2.82. The van der Waals surface area contributed by atoms with Gasteiger partial charge in [0.2, 0.25) is 0 Å². The zero-order valence-electron chi connectivity index (χ0n) is 17.4. The van der Waals surface area contributed by atoms with E-state index >= 15 is 0 Å². The smallest absolute Gasteiger partial charge is 0.251 e. The van der Waals surface area contributed by atoms with Crippen LogP contribution in [0.15, 0.2) is 42.7 Å². The molecule has 1 N–H and O–H groups in total. The SMILES string of the molecule is COc1cc(CNC(=O)c2ccc3ncnc(N4CCCCC4)c3c2)cc(OC)c1. The van der Waals surface area contributed by atoms with Gasteiger partial charge in [0.05, 0.1) is 19.7 Å². The molecule has 30 heavy (non-hydrogen) atoms. The molecule has 0 unspecified atom stereocenters. The molecule has 1 saturated heterocycles. The van der Waals surface area contributed by atoms with Crippen LogP contribution >= 0.6 is 0 Å². The number of nitrogens with one attached hydrogen (secondary N) is 1. The van der Waals surface area contributed by atoms with Gasteiger partial charge in [-0.25, -0.2) is 9.97 Å². The Morgan fingerprint density at radius 1 is 1.00 bits per heavy atom. The molecule has 7 heteroatoms. The van der Waals surface area contributed by atoms with Crippen LogP contribution in [0.1, 0.15) is 35.2 Å². The second-order valence-corrected chi connectivity index (χ2v) is 7.38. The summed E-state index contributed by atoms with van der Waals surface area (Å²) in [6.45, 7) is 2.34. The molecule has 0 radical (unpaired) electrons. The molecule has 1 aliphatic rings. The van der Waals surface area contributed by atoms with Crippen molar-refractivity contribution in [3.8, 4) is 11.5 Å². The maximum Gasteiger partial charge on any atom is 0.251 e. The van der Waals surface area contributed by atoms with Crippen molar-refractivity contribution < 1.29 is 14.3 Å². The van der Waals surface area contributed by atoms with E-state index in [1.165, 1.54) is 6.42 Å². The van der Waals surface area contributed by atoms with Crippen molar-refractivity contribution in [1.29, 1.82) is 0 Å². The summed E-state index contributed by atoms with van der Waals surface area (Å²) in [5.74, 6) is 2.14. The first kappa shape index (κ1) is 19.9. The van der Waals surface area contributed by atoms with E-state index in [0.29, 0.717) is 23.6 Å². The minimum Gasteiger partial charge on any atom is -0.497 e. The van der Waals surface area contributed by atoms with Crippen LogP contribution < -0.4 is 19.7 Å². The molecule has 1 aromatic heterocycles. The van der Waals surface area contributed by atoms with Gasteiger partial charge in [-0.1, -0.05) is 0 Å². The average molecular weight is 406 g/mol. The number of amides is 1. The fourth-order valence-corrected chi connectivity index (χ4v) is 3.79. The Labute approximate surface area is 176 Å². The number of nitrogens with zero attached hydrogens (tertiary/aromatic N) is 3. The number of piperidine rings is 1. The number of anilines is 1. The van der Waals surface area contributed by atoms with E-state index in [-0.39, 0.29) is 5.91 Å². The number of methoxy groups -OCH3 is 2. The van der Waals surface area contributed by atoms with Gasteiger partial charge in [-0.15, -0.1) is 0 Å². The topological polar surface area (TPSA) is 76.6 Å². The zero-order chi connectivity index (χ0) is 20.9. The van der Waals surface area contributed by atoms with Gasteiger partial charge in [-0.2, -0.15) is 0 Å². The summed E-state index contributed by atoms with van der Waals surface area (Å²) in [5, 5.41) is 3.89. The maximum absolute atomic E-state index is 12.8. The Hall–Kier alpha value is -3.35. The largest absolute Gasteiger partial charge is 0.497 e. The Morgan fingerprint density at radius 2 is 1.73 bits per heavy atom. The van der Waals surface area contributed by atoms with Crippen molar-refractivity contribution >= 4 is 22.6 Å². The van der Waals surface area contributed by atoms with Crippen LogP contribution in [0.3, 0.4) is 0 Å². The Morgan fingerprint density at radius 3 is 2.43 bits per heavy atom. The molecule has 1 fully saturated rings. The number of carbonyl (C=O) groups is 1. The molecule has 0 aliphatic carbocycles. The lowest BCUT2D eigenvalue weighted by molar-refractivity contribution is 0.0951. The number of hydrogen-bond donors (Lipinski definition) is 1. The van der Waals surface area contributed by atoms with Gasteiger partial charge in [0.15, 0.2) is 0 Å². The molecule has 3 aromatic rings. The molecule has 4 rings (SSSR count). The Balaban J connectivity index is 1.55. The molecule has 156 valence electrons. The summed E-state index contributed by atoms with van der Waals surface area (Å²) >= 11 is 0. The van der Waals surface area contributed by atoms with Crippen molar-refractivity contribution in [2.45, 2.75) is 25.8 Å². The minimum atomic E-state index is -0.146. The highest BCUT2D eigenvalue weighted by atomic mass is 16.5. The molecule has 0 bridgehead atoms. The monoisotopic (exact) mass is 406 g/mol. The molecule has 1 aliphatic heterocycles. The lowest BCUT2D eigenvalue weighted by atomic mass is 10.1.